The van der Waals surface area contributed by atoms with Gasteiger partial charge in [-0.25, -0.2) is 0 Å². The third-order valence-electron chi connectivity index (χ3n) is 2.10. The molecule has 0 fully saturated rings. The molecule has 1 nitrogen and oxygen atoms in total. The molecule has 3 heteroatoms. The number of rotatable bonds is 7. The molecule has 0 rings (SSSR count). The minimum Gasteiger partial charge on any atom is -0.309 e. The van der Waals surface area contributed by atoms with Gasteiger partial charge in [-0.1, -0.05) is 13.8 Å². The molecule has 0 aliphatic heterocycles. The summed E-state index contributed by atoms with van der Waals surface area (Å²) in [6.45, 7) is 7.54. The predicted molar refractivity (Wildman–Crippen MR) is 61.9 cm³/mol. The lowest BCUT2D eigenvalue weighted by molar-refractivity contribution is 0.416. The summed E-state index contributed by atoms with van der Waals surface area (Å²) in [7, 11) is 0. The molecular formula is C10H21Cl2N. The molecule has 80 valence electrons. The Hall–Kier alpha value is 0.540. The summed E-state index contributed by atoms with van der Waals surface area (Å²) in [5.41, 5.74) is -0.0971. The van der Waals surface area contributed by atoms with Crippen LogP contribution in [-0.4, -0.2) is 23.8 Å². The van der Waals surface area contributed by atoms with E-state index in [9.17, 15) is 0 Å². The van der Waals surface area contributed by atoms with Crippen molar-refractivity contribution in [2.24, 2.45) is 5.92 Å². The van der Waals surface area contributed by atoms with E-state index in [4.69, 9.17) is 23.2 Å². The van der Waals surface area contributed by atoms with Crippen LogP contribution in [0, 0.1) is 5.92 Å². The molecule has 0 aromatic rings. The largest absolute Gasteiger partial charge is 0.309 e. The maximum atomic E-state index is 5.80. The first-order valence-corrected chi connectivity index (χ1v) is 5.98. The fourth-order valence-electron chi connectivity index (χ4n) is 1.03. The summed E-state index contributed by atoms with van der Waals surface area (Å²) in [6.07, 6.45) is 2.45. The Morgan fingerprint density at radius 1 is 1.23 bits per heavy atom. The quantitative estimate of drug-likeness (QED) is 0.519. The van der Waals surface area contributed by atoms with Crippen LogP contribution in [0.3, 0.4) is 0 Å². The van der Waals surface area contributed by atoms with Gasteiger partial charge in [0.25, 0.3) is 0 Å². The van der Waals surface area contributed by atoms with Crippen LogP contribution < -0.4 is 5.32 Å². The van der Waals surface area contributed by atoms with Crippen molar-refractivity contribution in [3.8, 4) is 0 Å². The van der Waals surface area contributed by atoms with E-state index < -0.39 is 0 Å². The lowest BCUT2D eigenvalue weighted by Crippen LogP contribution is -2.46. The van der Waals surface area contributed by atoms with Crippen LogP contribution in [0.4, 0.5) is 0 Å². The van der Waals surface area contributed by atoms with E-state index in [1.54, 1.807) is 0 Å². The van der Waals surface area contributed by atoms with Gasteiger partial charge in [0.05, 0.1) is 0 Å². The standard InChI is InChI=1S/C10H21Cl2N/c1-9(2)5-4-6-13-10(3,7-11)8-12/h9,13H,4-8H2,1-3H3. The average Bonchev–Trinajstić information content (AvgIpc) is 2.12. The third-order valence-corrected chi connectivity index (χ3v) is 3.28. The van der Waals surface area contributed by atoms with Crippen LogP contribution in [-0.2, 0) is 0 Å². The Morgan fingerprint density at radius 3 is 2.15 bits per heavy atom. The molecule has 0 aliphatic carbocycles. The Labute approximate surface area is 92.2 Å². The van der Waals surface area contributed by atoms with Gasteiger partial charge in [-0.2, -0.15) is 0 Å². The minimum absolute atomic E-state index is 0.0971. The number of hydrogen-bond acceptors (Lipinski definition) is 1. The first kappa shape index (κ1) is 13.5. The van der Waals surface area contributed by atoms with Gasteiger partial charge in [0.15, 0.2) is 0 Å². The van der Waals surface area contributed by atoms with Crippen LogP contribution in [0.25, 0.3) is 0 Å². The molecule has 0 amide bonds. The van der Waals surface area contributed by atoms with Crippen molar-refractivity contribution in [2.45, 2.75) is 39.2 Å². The molecule has 1 N–H and O–H groups in total. The first-order valence-electron chi connectivity index (χ1n) is 4.91. The van der Waals surface area contributed by atoms with Gasteiger partial charge in [0.2, 0.25) is 0 Å². The molecular weight excluding hydrogens is 205 g/mol. The van der Waals surface area contributed by atoms with E-state index in [0.717, 1.165) is 12.5 Å². The molecule has 0 saturated heterocycles. The van der Waals surface area contributed by atoms with Gasteiger partial charge in [-0.15, -0.1) is 23.2 Å². The number of alkyl halides is 2. The maximum Gasteiger partial charge on any atom is 0.0425 e. The van der Waals surface area contributed by atoms with Crippen LogP contribution in [0.2, 0.25) is 0 Å². The minimum atomic E-state index is -0.0971. The lowest BCUT2D eigenvalue weighted by atomic mass is 10.1. The van der Waals surface area contributed by atoms with Gasteiger partial charge < -0.3 is 5.32 Å². The Kier molecular flexibility index (Phi) is 7.20. The molecule has 0 radical (unpaired) electrons. The molecule has 0 aliphatic rings. The molecule has 13 heavy (non-hydrogen) atoms. The van der Waals surface area contributed by atoms with Crippen molar-refractivity contribution >= 4 is 23.2 Å². The molecule has 0 bridgehead atoms. The van der Waals surface area contributed by atoms with Crippen LogP contribution in [0.5, 0.6) is 0 Å². The molecule has 0 aromatic carbocycles. The fraction of sp³-hybridized carbons (Fsp3) is 1.00. The highest BCUT2D eigenvalue weighted by Crippen LogP contribution is 2.09. The summed E-state index contributed by atoms with van der Waals surface area (Å²) in [5.74, 6) is 1.91. The monoisotopic (exact) mass is 225 g/mol. The smallest absolute Gasteiger partial charge is 0.0425 e. The highest BCUT2D eigenvalue weighted by atomic mass is 35.5. The number of nitrogens with one attached hydrogen (secondary N) is 1. The van der Waals surface area contributed by atoms with Crippen LogP contribution >= 0.6 is 23.2 Å². The van der Waals surface area contributed by atoms with Gasteiger partial charge in [0.1, 0.15) is 0 Å². The van der Waals surface area contributed by atoms with Crippen LogP contribution in [0.1, 0.15) is 33.6 Å². The highest BCUT2D eigenvalue weighted by Gasteiger charge is 2.20. The van der Waals surface area contributed by atoms with E-state index in [2.05, 4.69) is 26.1 Å². The topological polar surface area (TPSA) is 12.0 Å². The van der Waals surface area contributed by atoms with Gasteiger partial charge in [-0.3, -0.25) is 0 Å². The van der Waals surface area contributed by atoms with E-state index in [0.29, 0.717) is 11.8 Å². The SMILES string of the molecule is CC(C)CCCNC(C)(CCl)CCl. The van der Waals surface area contributed by atoms with E-state index >= 15 is 0 Å². The van der Waals surface area contributed by atoms with E-state index in [1.165, 1.54) is 12.8 Å². The second kappa shape index (κ2) is 6.92. The third kappa shape index (κ3) is 6.59. The van der Waals surface area contributed by atoms with Gasteiger partial charge in [0, 0.05) is 17.3 Å². The van der Waals surface area contributed by atoms with Crippen molar-refractivity contribution in [2.75, 3.05) is 18.3 Å². The van der Waals surface area contributed by atoms with Crippen molar-refractivity contribution < 1.29 is 0 Å². The van der Waals surface area contributed by atoms with E-state index in [1.807, 2.05) is 0 Å². The second-order valence-corrected chi connectivity index (χ2v) is 4.83. The number of hydrogen-bond donors (Lipinski definition) is 1. The predicted octanol–water partition coefficient (Wildman–Crippen LogP) is 3.25. The van der Waals surface area contributed by atoms with Gasteiger partial charge in [-0.05, 0) is 32.2 Å². The van der Waals surface area contributed by atoms with Crippen molar-refractivity contribution in [1.29, 1.82) is 0 Å². The Balaban J connectivity index is 3.50. The molecule has 0 aromatic heterocycles. The normalized spacial score (nSPS) is 12.5. The van der Waals surface area contributed by atoms with Crippen molar-refractivity contribution in [3.63, 3.8) is 0 Å². The number of halogens is 2. The summed E-state index contributed by atoms with van der Waals surface area (Å²) in [4.78, 5) is 0. The summed E-state index contributed by atoms with van der Waals surface area (Å²) in [5, 5.41) is 3.39. The summed E-state index contributed by atoms with van der Waals surface area (Å²) in [6, 6.07) is 0. The van der Waals surface area contributed by atoms with Crippen molar-refractivity contribution in [3.05, 3.63) is 0 Å². The maximum absolute atomic E-state index is 5.80. The summed E-state index contributed by atoms with van der Waals surface area (Å²) >= 11 is 11.6. The highest BCUT2D eigenvalue weighted by molar-refractivity contribution is 6.22. The van der Waals surface area contributed by atoms with Crippen LogP contribution in [0.15, 0.2) is 0 Å². The average molecular weight is 226 g/mol. The first-order chi connectivity index (χ1) is 6.04. The Bertz CT molecular complexity index is 122. The zero-order valence-corrected chi connectivity index (χ0v) is 10.4. The summed E-state index contributed by atoms with van der Waals surface area (Å²) < 4.78 is 0. The Morgan fingerprint density at radius 2 is 1.77 bits per heavy atom. The molecule has 0 spiro atoms. The fourth-order valence-corrected chi connectivity index (χ4v) is 1.51. The molecule has 0 atom stereocenters. The zero-order valence-electron chi connectivity index (χ0n) is 8.87. The molecule has 0 saturated carbocycles. The van der Waals surface area contributed by atoms with E-state index in [-0.39, 0.29) is 5.54 Å². The lowest BCUT2D eigenvalue weighted by Gasteiger charge is -2.26. The zero-order chi connectivity index (χ0) is 10.3. The van der Waals surface area contributed by atoms with Crippen molar-refractivity contribution in [1.82, 2.24) is 5.32 Å². The molecule has 0 heterocycles. The second-order valence-electron chi connectivity index (χ2n) is 4.29. The molecule has 0 unspecified atom stereocenters. The van der Waals surface area contributed by atoms with Gasteiger partial charge >= 0.3 is 0 Å².